The standard InChI is InChI=1S/C38H43N9O4S/c1-22-20-39-34-33-25-4-9-31(41-26(25)5-8-30(33)52-35(34)37(50)40-22)46-17-15-45(16-18-46)24-11-13-44(14-12-24)21-23-3-6-27-29(19-23)43(2)38(51)47(27)28-7-10-32(48)42-36(28)49/h3-6,8-9,19,22,24,28,39H,7,10-18,20-21H2,1-2H3,(H,40,50)(H,42,48,49)/t22-,28?/m1/s1. The number of imidazole rings is 1. The number of imide groups is 1. The van der Waals surface area contributed by atoms with Crippen molar-refractivity contribution in [1.82, 2.24) is 34.6 Å². The molecule has 0 bridgehead atoms. The summed E-state index contributed by atoms with van der Waals surface area (Å²) in [6.45, 7) is 9.44. The summed E-state index contributed by atoms with van der Waals surface area (Å²) in [5.74, 6) is 0.289. The number of benzene rings is 2. The maximum absolute atomic E-state index is 13.2. The Labute approximate surface area is 304 Å². The molecular weight excluding hydrogens is 679 g/mol. The lowest BCUT2D eigenvalue weighted by molar-refractivity contribution is -0.135. The minimum atomic E-state index is -0.675. The highest BCUT2D eigenvalue weighted by Gasteiger charge is 2.32. The number of pyridine rings is 1. The van der Waals surface area contributed by atoms with Gasteiger partial charge in [0.15, 0.2) is 0 Å². The number of thiophene rings is 1. The van der Waals surface area contributed by atoms with Crippen LogP contribution in [0.2, 0.25) is 0 Å². The summed E-state index contributed by atoms with van der Waals surface area (Å²) < 4.78 is 4.24. The summed E-state index contributed by atoms with van der Waals surface area (Å²) in [6, 6.07) is 14.5. The summed E-state index contributed by atoms with van der Waals surface area (Å²) in [7, 11) is 1.74. The van der Waals surface area contributed by atoms with E-state index in [1.807, 2.05) is 13.0 Å². The van der Waals surface area contributed by atoms with Crippen molar-refractivity contribution < 1.29 is 14.4 Å². The van der Waals surface area contributed by atoms with Gasteiger partial charge in [0, 0.05) is 80.3 Å². The zero-order chi connectivity index (χ0) is 35.7. The molecule has 13 nitrogen and oxygen atoms in total. The SMILES string of the molecule is C[C@@H]1CNc2c(sc3ccc4nc(N5CCN(C6CCN(Cc7ccc8c(c7)n(C)c(=O)n8C7CCC(=O)NC7=O)CC6)CC5)ccc4c23)C(=O)N1. The molecule has 0 aliphatic carbocycles. The lowest BCUT2D eigenvalue weighted by Crippen LogP contribution is -2.53. The third kappa shape index (κ3) is 5.73. The molecule has 0 spiro atoms. The number of piperidine rings is 2. The van der Waals surface area contributed by atoms with Crippen LogP contribution in [0.3, 0.4) is 0 Å². The number of anilines is 2. The van der Waals surface area contributed by atoms with Crippen molar-refractivity contribution in [2.24, 2.45) is 7.05 Å². The van der Waals surface area contributed by atoms with Crippen LogP contribution in [-0.4, -0.2) is 99.5 Å². The van der Waals surface area contributed by atoms with Crippen LogP contribution in [0.4, 0.5) is 11.5 Å². The van der Waals surface area contributed by atoms with E-state index < -0.39 is 11.9 Å². The number of hydrogen-bond donors (Lipinski definition) is 3. The van der Waals surface area contributed by atoms with E-state index in [0.29, 0.717) is 19.0 Å². The summed E-state index contributed by atoms with van der Waals surface area (Å²) >= 11 is 1.54. The van der Waals surface area contributed by atoms with E-state index >= 15 is 0 Å². The quantitative estimate of drug-likeness (QED) is 0.234. The highest BCUT2D eigenvalue weighted by molar-refractivity contribution is 7.21. The van der Waals surface area contributed by atoms with Crippen LogP contribution in [0.15, 0.2) is 47.3 Å². The van der Waals surface area contributed by atoms with Gasteiger partial charge in [0.25, 0.3) is 5.91 Å². The Kier molecular flexibility index (Phi) is 8.27. The highest BCUT2D eigenvalue weighted by atomic mass is 32.1. The number of aromatic nitrogens is 3. The Bertz CT molecular complexity index is 2310. The van der Waals surface area contributed by atoms with Crippen LogP contribution in [0.25, 0.3) is 32.0 Å². The fourth-order valence-corrected chi connectivity index (χ4v) is 9.74. The molecule has 3 saturated heterocycles. The molecule has 3 aromatic heterocycles. The monoisotopic (exact) mass is 721 g/mol. The smallest absolute Gasteiger partial charge is 0.329 e. The lowest BCUT2D eigenvalue weighted by atomic mass is 10.0. The molecule has 2 aromatic carbocycles. The van der Waals surface area contributed by atoms with Crippen LogP contribution in [0, 0.1) is 0 Å². The van der Waals surface area contributed by atoms with Crippen LogP contribution < -0.4 is 26.5 Å². The number of aryl methyl sites for hydroxylation is 1. The topological polar surface area (TPSA) is 137 Å². The third-order valence-electron chi connectivity index (χ3n) is 11.5. The fourth-order valence-electron chi connectivity index (χ4n) is 8.64. The van der Waals surface area contributed by atoms with Crippen molar-refractivity contribution in [1.29, 1.82) is 0 Å². The van der Waals surface area contributed by atoms with Crippen molar-refractivity contribution in [2.75, 3.05) is 56.0 Å². The largest absolute Gasteiger partial charge is 0.381 e. The molecule has 4 aliphatic rings. The van der Waals surface area contributed by atoms with Crippen molar-refractivity contribution in [3.8, 4) is 0 Å². The molecular formula is C38H43N9O4S. The van der Waals surface area contributed by atoms with Gasteiger partial charge in [-0.15, -0.1) is 11.3 Å². The zero-order valence-corrected chi connectivity index (χ0v) is 30.3. The molecule has 4 aliphatic heterocycles. The first kappa shape index (κ1) is 33.1. The molecule has 1 unspecified atom stereocenters. The molecule has 3 N–H and O–H groups in total. The van der Waals surface area contributed by atoms with Crippen LogP contribution in [0.5, 0.6) is 0 Å². The summed E-state index contributed by atoms with van der Waals surface area (Å²) in [5, 5.41) is 11.1. The van der Waals surface area contributed by atoms with Gasteiger partial charge in [0.2, 0.25) is 11.8 Å². The number of hydrogen-bond acceptors (Lipinski definition) is 10. The van der Waals surface area contributed by atoms with Crippen molar-refractivity contribution in [3.63, 3.8) is 0 Å². The number of carbonyl (C=O) groups is 3. The van der Waals surface area contributed by atoms with E-state index in [-0.39, 0.29) is 30.0 Å². The number of carbonyl (C=O) groups excluding carboxylic acids is 3. The van der Waals surface area contributed by atoms with Gasteiger partial charge in [0.1, 0.15) is 16.7 Å². The number of fused-ring (bicyclic) bond motifs is 6. The molecule has 270 valence electrons. The average Bonchev–Trinajstić information content (AvgIpc) is 3.60. The molecule has 14 heteroatoms. The molecule has 0 radical (unpaired) electrons. The van der Waals surface area contributed by atoms with Gasteiger partial charge < -0.3 is 15.5 Å². The van der Waals surface area contributed by atoms with Crippen molar-refractivity contribution in [2.45, 2.75) is 57.3 Å². The second-order valence-electron chi connectivity index (χ2n) is 14.8. The number of likely N-dealkylation sites (tertiary alicyclic amines) is 1. The van der Waals surface area contributed by atoms with Crippen molar-refractivity contribution >= 4 is 72.6 Å². The number of rotatable bonds is 5. The van der Waals surface area contributed by atoms with Gasteiger partial charge in [-0.1, -0.05) is 6.07 Å². The van der Waals surface area contributed by atoms with Crippen LogP contribution >= 0.6 is 11.3 Å². The molecule has 2 atom stereocenters. The Hall–Kier alpha value is -4.79. The first-order chi connectivity index (χ1) is 25.2. The summed E-state index contributed by atoms with van der Waals surface area (Å²) in [5.41, 5.74) is 4.31. The van der Waals surface area contributed by atoms with Gasteiger partial charge in [-0.25, -0.2) is 9.78 Å². The molecule has 3 amide bonds. The first-order valence-corrected chi connectivity index (χ1v) is 19.2. The lowest BCUT2D eigenvalue weighted by Gasteiger charge is -2.43. The fraction of sp³-hybridized carbons (Fsp3) is 0.447. The van der Waals surface area contributed by atoms with E-state index in [4.69, 9.17) is 4.98 Å². The number of piperazine rings is 1. The molecule has 52 heavy (non-hydrogen) atoms. The van der Waals surface area contributed by atoms with Crippen LogP contribution in [-0.2, 0) is 23.2 Å². The van der Waals surface area contributed by atoms with Gasteiger partial charge in [-0.2, -0.15) is 0 Å². The number of amides is 3. The van der Waals surface area contributed by atoms with Crippen molar-refractivity contribution in [3.05, 3.63) is 63.4 Å². The normalized spacial score (nSPS) is 22.4. The third-order valence-corrected chi connectivity index (χ3v) is 12.6. The average molecular weight is 722 g/mol. The van der Waals surface area contributed by atoms with Gasteiger partial charge in [-0.05, 0) is 81.2 Å². The predicted octanol–water partition coefficient (Wildman–Crippen LogP) is 3.41. The van der Waals surface area contributed by atoms with Crippen LogP contribution in [0.1, 0.15) is 53.9 Å². The Morgan fingerprint density at radius 2 is 1.71 bits per heavy atom. The molecule has 3 fully saturated rings. The summed E-state index contributed by atoms with van der Waals surface area (Å²) in [6.07, 6.45) is 2.79. The van der Waals surface area contributed by atoms with Gasteiger partial charge in [0.05, 0.1) is 22.2 Å². The molecule has 9 rings (SSSR count). The maximum Gasteiger partial charge on any atom is 0.329 e. The predicted molar refractivity (Wildman–Crippen MR) is 203 cm³/mol. The van der Waals surface area contributed by atoms with Gasteiger partial charge in [-0.3, -0.25) is 38.6 Å². The maximum atomic E-state index is 13.2. The number of nitrogens with zero attached hydrogens (tertiary/aromatic N) is 6. The van der Waals surface area contributed by atoms with E-state index in [9.17, 15) is 19.2 Å². The highest BCUT2D eigenvalue weighted by Crippen LogP contribution is 2.41. The van der Waals surface area contributed by atoms with E-state index in [0.717, 1.165) is 113 Å². The zero-order valence-electron chi connectivity index (χ0n) is 29.5. The van der Waals surface area contributed by atoms with E-state index in [1.165, 1.54) is 15.9 Å². The second-order valence-corrected chi connectivity index (χ2v) is 15.8. The van der Waals surface area contributed by atoms with E-state index in [2.05, 4.69) is 67.0 Å². The molecule has 7 heterocycles. The number of nitrogens with one attached hydrogen (secondary N) is 3. The molecule has 0 saturated carbocycles. The first-order valence-electron chi connectivity index (χ1n) is 18.4. The Morgan fingerprint density at radius 3 is 2.50 bits per heavy atom. The minimum absolute atomic E-state index is 0.0117. The Balaban J connectivity index is 0.821. The minimum Gasteiger partial charge on any atom is -0.381 e. The summed E-state index contributed by atoms with van der Waals surface area (Å²) in [4.78, 5) is 63.7. The van der Waals surface area contributed by atoms with E-state index in [1.54, 1.807) is 11.6 Å². The second kappa shape index (κ2) is 13.0. The molecule has 5 aromatic rings. The Morgan fingerprint density at radius 1 is 0.904 bits per heavy atom. The van der Waals surface area contributed by atoms with Gasteiger partial charge >= 0.3 is 5.69 Å².